The second-order valence-corrected chi connectivity index (χ2v) is 4.25. The normalized spacial score (nSPS) is 10.0. The first-order chi connectivity index (χ1) is 8.20. The first-order valence-corrected chi connectivity index (χ1v) is 6.00. The van der Waals surface area contributed by atoms with Crippen molar-refractivity contribution in [3.8, 4) is 5.75 Å². The van der Waals surface area contributed by atoms with Crippen molar-refractivity contribution in [2.75, 3.05) is 12.4 Å². The van der Waals surface area contributed by atoms with Gasteiger partial charge < -0.3 is 10.1 Å². The quantitative estimate of drug-likeness (QED) is 0.908. The summed E-state index contributed by atoms with van der Waals surface area (Å²) in [4.78, 5) is 16.1. The number of amides is 1. The van der Waals surface area contributed by atoms with Crippen LogP contribution in [0, 0.1) is 6.92 Å². The largest absolute Gasteiger partial charge is 0.493 e. The predicted octanol–water partition coefficient (Wildman–Crippen LogP) is 2.71. The third-order valence-electron chi connectivity index (χ3n) is 2.23. The minimum atomic E-state index is -0.178. The van der Waals surface area contributed by atoms with Crippen LogP contribution in [-0.2, 0) is 0 Å². The van der Waals surface area contributed by atoms with Gasteiger partial charge in [0.2, 0.25) is 0 Å². The van der Waals surface area contributed by atoms with Gasteiger partial charge in [-0.3, -0.25) is 4.79 Å². The number of aryl methyl sites for hydroxylation is 1. The van der Waals surface area contributed by atoms with E-state index < -0.39 is 0 Å². The third kappa shape index (κ3) is 2.62. The van der Waals surface area contributed by atoms with Gasteiger partial charge in [-0.2, -0.15) is 11.3 Å². The van der Waals surface area contributed by atoms with Crippen molar-refractivity contribution in [2.24, 2.45) is 0 Å². The van der Waals surface area contributed by atoms with Crippen molar-refractivity contribution in [2.45, 2.75) is 6.92 Å². The molecule has 0 unspecified atom stereocenters. The number of carbonyl (C=O) groups excluding carboxylic acids is 1. The monoisotopic (exact) mass is 248 g/mol. The van der Waals surface area contributed by atoms with E-state index in [0.29, 0.717) is 17.1 Å². The van der Waals surface area contributed by atoms with E-state index in [2.05, 4.69) is 10.3 Å². The van der Waals surface area contributed by atoms with E-state index >= 15 is 0 Å². The summed E-state index contributed by atoms with van der Waals surface area (Å²) in [6.07, 6.45) is 0. The van der Waals surface area contributed by atoms with Crippen molar-refractivity contribution in [1.82, 2.24) is 4.98 Å². The highest BCUT2D eigenvalue weighted by atomic mass is 32.1. The fourth-order valence-electron chi connectivity index (χ4n) is 1.37. The third-order valence-corrected chi connectivity index (χ3v) is 2.92. The van der Waals surface area contributed by atoms with Gasteiger partial charge in [-0.1, -0.05) is 0 Å². The van der Waals surface area contributed by atoms with E-state index in [4.69, 9.17) is 4.74 Å². The van der Waals surface area contributed by atoms with Crippen molar-refractivity contribution >= 4 is 23.1 Å². The highest BCUT2D eigenvalue weighted by molar-refractivity contribution is 7.08. The summed E-state index contributed by atoms with van der Waals surface area (Å²) < 4.78 is 5.14. The maximum Gasteiger partial charge on any atom is 0.257 e. The molecule has 0 fully saturated rings. The summed E-state index contributed by atoms with van der Waals surface area (Å²) in [7, 11) is 1.55. The molecule has 0 aromatic carbocycles. The summed E-state index contributed by atoms with van der Waals surface area (Å²) in [6, 6.07) is 5.38. The van der Waals surface area contributed by atoms with Gasteiger partial charge in [-0.15, -0.1) is 0 Å². The van der Waals surface area contributed by atoms with Crippen molar-refractivity contribution in [3.63, 3.8) is 0 Å². The summed E-state index contributed by atoms with van der Waals surface area (Å²) in [5.74, 6) is 0.825. The number of aromatic nitrogens is 1. The number of thiophene rings is 1. The predicted molar refractivity (Wildman–Crippen MR) is 67.8 cm³/mol. The Morgan fingerprint density at radius 2 is 2.24 bits per heavy atom. The number of ether oxygens (including phenoxy) is 1. The number of anilines is 1. The molecule has 2 heterocycles. The Labute approximate surface area is 103 Å². The van der Waals surface area contributed by atoms with Gasteiger partial charge in [-0.25, -0.2) is 4.98 Å². The molecular formula is C12H12N2O2S. The van der Waals surface area contributed by atoms with Gasteiger partial charge in [0, 0.05) is 11.1 Å². The molecule has 0 aliphatic heterocycles. The molecule has 1 N–H and O–H groups in total. The Morgan fingerprint density at radius 1 is 1.41 bits per heavy atom. The first kappa shape index (κ1) is 11.6. The van der Waals surface area contributed by atoms with Crippen molar-refractivity contribution in [1.29, 1.82) is 0 Å². The number of rotatable bonds is 3. The molecule has 0 aliphatic rings. The lowest BCUT2D eigenvalue weighted by Crippen LogP contribution is -2.13. The molecule has 88 valence electrons. The molecule has 0 aliphatic carbocycles. The van der Waals surface area contributed by atoms with E-state index in [9.17, 15) is 4.79 Å². The number of hydrogen-bond acceptors (Lipinski definition) is 4. The molecule has 2 aromatic heterocycles. The lowest BCUT2D eigenvalue weighted by atomic mass is 10.3. The van der Waals surface area contributed by atoms with Gasteiger partial charge in [0.05, 0.1) is 12.7 Å². The van der Waals surface area contributed by atoms with Gasteiger partial charge in [0.1, 0.15) is 0 Å². The molecule has 2 rings (SSSR count). The molecule has 0 spiro atoms. The molecule has 17 heavy (non-hydrogen) atoms. The molecule has 4 nitrogen and oxygen atoms in total. The van der Waals surface area contributed by atoms with Crippen LogP contribution in [0.2, 0.25) is 0 Å². The second kappa shape index (κ2) is 4.97. The van der Waals surface area contributed by atoms with Crippen LogP contribution in [0.25, 0.3) is 0 Å². The van der Waals surface area contributed by atoms with Crippen molar-refractivity contribution in [3.05, 3.63) is 40.2 Å². The van der Waals surface area contributed by atoms with E-state index in [0.717, 1.165) is 5.69 Å². The lowest BCUT2D eigenvalue weighted by Gasteiger charge is -2.09. The molecule has 0 atom stereocenters. The smallest absolute Gasteiger partial charge is 0.257 e. The number of pyridine rings is 1. The summed E-state index contributed by atoms with van der Waals surface area (Å²) in [6.45, 7) is 1.86. The topological polar surface area (TPSA) is 51.2 Å². The van der Waals surface area contributed by atoms with Gasteiger partial charge in [0.25, 0.3) is 5.91 Å². The van der Waals surface area contributed by atoms with Crippen LogP contribution < -0.4 is 10.1 Å². The maximum atomic E-state index is 11.9. The van der Waals surface area contributed by atoms with Crippen LogP contribution in [0.4, 0.5) is 5.82 Å². The second-order valence-electron chi connectivity index (χ2n) is 3.47. The average Bonchev–Trinajstić information content (AvgIpc) is 2.83. The van der Waals surface area contributed by atoms with E-state index in [1.807, 2.05) is 18.4 Å². The van der Waals surface area contributed by atoms with Crippen LogP contribution in [0.5, 0.6) is 5.75 Å². The van der Waals surface area contributed by atoms with Crippen LogP contribution >= 0.6 is 11.3 Å². The molecule has 0 radical (unpaired) electrons. The Kier molecular flexibility index (Phi) is 3.39. The zero-order valence-electron chi connectivity index (χ0n) is 9.56. The Morgan fingerprint density at radius 3 is 2.88 bits per heavy atom. The number of methoxy groups -OCH3 is 1. The standard InChI is InChI=1S/C12H12N2O2S/c1-8-3-4-10(16-2)11(13-8)14-12(15)9-5-6-17-7-9/h3-7H,1-2H3,(H,13,14,15). The van der Waals surface area contributed by atoms with E-state index in [1.165, 1.54) is 11.3 Å². The van der Waals surface area contributed by atoms with E-state index in [-0.39, 0.29) is 5.91 Å². The molecule has 0 saturated carbocycles. The summed E-state index contributed by atoms with van der Waals surface area (Å²) in [5.41, 5.74) is 1.45. The lowest BCUT2D eigenvalue weighted by molar-refractivity contribution is 0.102. The summed E-state index contributed by atoms with van der Waals surface area (Å²) in [5, 5.41) is 6.38. The number of nitrogens with zero attached hydrogens (tertiary/aromatic N) is 1. The van der Waals surface area contributed by atoms with Crippen LogP contribution in [-0.4, -0.2) is 18.0 Å². The zero-order chi connectivity index (χ0) is 12.3. The number of nitrogens with one attached hydrogen (secondary N) is 1. The van der Waals surface area contributed by atoms with Crippen molar-refractivity contribution < 1.29 is 9.53 Å². The molecule has 0 saturated heterocycles. The Bertz CT molecular complexity index is 523. The minimum absolute atomic E-state index is 0.178. The van der Waals surface area contributed by atoms with Crippen LogP contribution in [0.15, 0.2) is 29.0 Å². The Balaban J connectivity index is 2.23. The number of carbonyl (C=O) groups is 1. The van der Waals surface area contributed by atoms with Gasteiger partial charge >= 0.3 is 0 Å². The SMILES string of the molecule is COc1ccc(C)nc1NC(=O)c1ccsc1. The molecule has 1 amide bonds. The highest BCUT2D eigenvalue weighted by Crippen LogP contribution is 2.22. The summed E-state index contributed by atoms with van der Waals surface area (Å²) >= 11 is 1.48. The number of hydrogen-bond donors (Lipinski definition) is 1. The fourth-order valence-corrected chi connectivity index (χ4v) is 2.01. The maximum absolute atomic E-state index is 11.9. The van der Waals surface area contributed by atoms with Crippen LogP contribution in [0.1, 0.15) is 16.1 Å². The Hall–Kier alpha value is -1.88. The van der Waals surface area contributed by atoms with Gasteiger partial charge in [0.15, 0.2) is 11.6 Å². The van der Waals surface area contributed by atoms with E-state index in [1.54, 1.807) is 24.6 Å². The molecule has 0 bridgehead atoms. The van der Waals surface area contributed by atoms with Crippen LogP contribution in [0.3, 0.4) is 0 Å². The molecule has 5 heteroatoms. The average molecular weight is 248 g/mol. The zero-order valence-corrected chi connectivity index (χ0v) is 10.4. The molecular weight excluding hydrogens is 236 g/mol. The first-order valence-electron chi connectivity index (χ1n) is 5.06. The van der Waals surface area contributed by atoms with Gasteiger partial charge in [-0.05, 0) is 30.5 Å². The minimum Gasteiger partial charge on any atom is -0.493 e. The highest BCUT2D eigenvalue weighted by Gasteiger charge is 2.11. The fraction of sp³-hybridized carbons (Fsp3) is 0.167. The molecule has 2 aromatic rings.